The van der Waals surface area contributed by atoms with E-state index in [-0.39, 0.29) is 0 Å². The highest BCUT2D eigenvalue weighted by atomic mass is 16.1. The average Bonchev–Trinajstić information content (AvgIpc) is 2.40. The van der Waals surface area contributed by atoms with E-state index in [0.717, 1.165) is 0 Å². The van der Waals surface area contributed by atoms with Gasteiger partial charge >= 0.3 is 5.91 Å². The number of amides is 1. The Hall–Kier alpha value is -1.82. The van der Waals surface area contributed by atoms with Gasteiger partial charge in [-0.1, -0.05) is 31.4 Å². The van der Waals surface area contributed by atoms with Crippen molar-refractivity contribution in [2.24, 2.45) is 0 Å². The summed E-state index contributed by atoms with van der Waals surface area (Å²) in [4.78, 5) is 10.9. The Labute approximate surface area is 101 Å². The summed E-state index contributed by atoms with van der Waals surface area (Å²) in [7, 11) is 0. The van der Waals surface area contributed by atoms with Crippen molar-refractivity contribution in [3.8, 4) is 6.07 Å². The number of carbonyl (C=O) groups is 1. The van der Waals surface area contributed by atoms with E-state index < -0.39 is 5.91 Å². The summed E-state index contributed by atoms with van der Waals surface area (Å²) in [6.45, 7) is 0. The fraction of sp³-hybridized carbons (Fsp3) is 0.429. The zero-order chi connectivity index (χ0) is 12.1. The van der Waals surface area contributed by atoms with E-state index in [9.17, 15) is 4.79 Å². The van der Waals surface area contributed by atoms with Gasteiger partial charge in [-0.25, -0.2) is 0 Å². The maximum atomic E-state index is 10.9. The molecule has 1 aromatic carbocycles. The monoisotopic (exact) mass is 228 g/mol. The number of hydrogen-bond acceptors (Lipinski definition) is 2. The summed E-state index contributed by atoms with van der Waals surface area (Å²) < 4.78 is 0. The lowest BCUT2D eigenvalue weighted by Crippen LogP contribution is -2.08. The van der Waals surface area contributed by atoms with E-state index in [1.54, 1.807) is 6.07 Å². The van der Waals surface area contributed by atoms with E-state index in [1.165, 1.54) is 37.7 Å². The second kappa shape index (κ2) is 5.49. The van der Waals surface area contributed by atoms with E-state index >= 15 is 0 Å². The minimum Gasteiger partial charge on any atom is -0.313 e. The summed E-state index contributed by atoms with van der Waals surface area (Å²) in [5.74, 6) is 0.0554. The Balaban J connectivity index is 2.02. The van der Waals surface area contributed by atoms with Crippen molar-refractivity contribution < 1.29 is 4.79 Å². The van der Waals surface area contributed by atoms with Crippen molar-refractivity contribution in [2.75, 3.05) is 5.32 Å². The van der Waals surface area contributed by atoms with Gasteiger partial charge in [0.25, 0.3) is 0 Å². The molecule has 1 fully saturated rings. The summed E-state index contributed by atoms with van der Waals surface area (Å²) in [5, 5.41) is 10.9. The predicted octanol–water partition coefficient (Wildman–Crippen LogP) is 3.20. The molecule has 1 amide bonds. The average molecular weight is 228 g/mol. The van der Waals surface area contributed by atoms with E-state index in [2.05, 4.69) is 17.4 Å². The number of nitrogens with zero attached hydrogens (tertiary/aromatic N) is 1. The summed E-state index contributed by atoms with van der Waals surface area (Å²) >= 11 is 0. The van der Waals surface area contributed by atoms with Gasteiger partial charge in [0.15, 0.2) is 6.07 Å². The number of hydrogen-bond donors (Lipinski definition) is 1. The van der Waals surface area contributed by atoms with Crippen LogP contribution in [0.1, 0.15) is 43.6 Å². The Bertz CT molecular complexity index is 425. The van der Waals surface area contributed by atoms with Gasteiger partial charge in [-0.15, -0.1) is 0 Å². The van der Waals surface area contributed by atoms with Gasteiger partial charge < -0.3 is 5.32 Å². The molecule has 0 bridgehead atoms. The zero-order valence-electron chi connectivity index (χ0n) is 9.78. The standard InChI is InChI=1S/C14H16N2O/c15-10-14(17)16-13-8-6-12(7-9-13)11-4-2-1-3-5-11/h6-9,11H,1-5H2,(H,16,17). The van der Waals surface area contributed by atoms with Crippen LogP contribution in [0.2, 0.25) is 0 Å². The summed E-state index contributed by atoms with van der Waals surface area (Å²) in [6.07, 6.45) is 6.52. The maximum absolute atomic E-state index is 10.9. The van der Waals surface area contributed by atoms with Gasteiger partial charge in [-0.05, 0) is 36.5 Å². The third-order valence-corrected chi connectivity index (χ3v) is 3.35. The molecule has 0 heterocycles. The molecule has 1 aliphatic rings. The van der Waals surface area contributed by atoms with Crippen LogP contribution in [0.5, 0.6) is 0 Å². The van der Waals surface area contributed by atoms with Crippen LogP contribution in [-0.2, 0) is 4.79 Å². The topological polar surface area (TPSA) is 52.9 Å². The second-order valence-electron chi connectivity index (χ2n) is 4.52. The number of rotatable bonds is 2. The van der Waals surface area contributed by atoms with Crippen molar-refractivity contribution in [3.63, 3.8) is 0 Å². The first-order valence-electron chi connectivity index (χ1n) is 6.10. The molecule has 0 radical (unpaired) electrons. The molecule has 0 aliphatic heterocycles. The molecule has 0 aromatic heterocycles. The van der Waals surface area contributed by atoms with Crippen LogP contribution in [0.25, 0.3) is 0 Å². The van der Waals surface area contributed by atoms with Crippen LogP contribution >= 0.6 is 0 Å². The molecule has 1 saturated carbocycles. The van der Waals surface area contributed by atoms with Gasteiger partial charge in [0, 0.05) is 5.69 Å². The molecule has 0 atom stereocenters. The molecule has 17 heavy (non-hydrogen) atoms. The SMILES string of the molecule is N#CC(=O)Nc1ccc(C2CCCCC2)cc1. The van der Waals surface area contributed by atoms with Crippen LogP contribution in [-0.4, -0.2) is 5.91 Å². The van der Waals surface area contributed by atoms with Gasteiger partial charge in [0.1, 0.15) is 0 Å². The number of anilines is 1. The fourth-order valence-electron chi connectivity index (χ4n) is 2.43. The Morgan fingerprint density at radius 2 is 1.82 bits per heavy atom. The Morgan fingerprint density at radius 1 is 1.18 bits per heavy atom. The minimum absolute atomic E-state index is 0.615. The van der Waals surface area contributed by atoms with E-state index in [4.69, 9.17) is 5.26 Å². The first-order valence-corrected chi connectivity index (χ1v) is 6.10. The minimum atomic E-state index is -0.615. The lowest BCUT2D eigenvalue weighted by Gasteiger charge is -2.22. The molecule has 0 spiro atoms. The smallest absolute Gasteiger partial charge is 0.313 e. The van der Waals surface area contributed by atoms with Crippen LogP contribution < -0.4 is 5.32 Å². The lowest BCUT2D eigenvalue weighted by atomic mass is 9.84. The fourth-order valence-corrected chi connectivity index (χ4v) is 2.43. The van der Waals surface area contributed by atoms with Crippen LogP contribution in [0.3, 0.4) is 0 Å². The number of benzene rings is 1. The third kappa shape index (κ3) is 3.07. The van der Waals surface area contributed by atoms with Crippen molar-refractivity contribution in [1.82, 2.24) is 0 Å². The first kappa shape index (κ1) is 11.7. The molecular formula is C14H16N2O. The molecule has 3 nitrogen and oxygen atoms in total. The highest BCUT2D eigenvalue weighted by Gasteiger charge is 2.15. The quantitative estimate of drug-likeness (QED) is 0.790. The van der Waals surface area contributed by atoms with Gasteiger partial charge in [-0.3, -0.25) is 4.79 Å². The number of nitriles is 1. The molecule has 1 aromatic rings. The zero-order valence-corrected chi connectivity index (χ0v) is 9.78. The molecule has 0 saturated heterocycles. The molecule has 2 rings (SSSR count). The first-order chi connectivity index (χ1) is 8.29. The number of nitrogens with one attached hydrogen (secondary N) is 1. The Kier molecular flexibility index (Phi) is 3.77. The largest absolute Gasteiger partial charge is 0.326 e. The van der Waals surface area contributed by atoms with Crippen LogP contribution in [0, 0.1) is 11.3 Å². The van der Waals surface area contributed by atoms with Gasteiger partial charge in [0.05, 0.1) is 0 Å². The second-order valence-corrected chi connectivity index (χ2v) is 4.52. The van der Waals surface area contributed by atoms with Crippen LogP contribution in [0.15, 0.2) is 24.3 Å². The van der Waals surface area contributed by atoms with Gasteiger partial charge in [-0.2, -0.15) is 5.26 Å². The molecule has 88 valence electrons. The van der Waals surface area contributed by atoms with E-state index in [0.29, 0.717) is 11.6 Å². The van der Waals surface area contributed by atoms with Crippen molar-refractivity contribution in [2.45, 2.75) is 38.0 Å². The maximum Gasteiger partial charge on any atom is 0.326 e. The highest BCUT2D eigenvalue weighted by molar-refractivity contribution is 6.02. The molecular weight excluding hydrogens is 212 g/mol. The lowest BCUT2D eigenvalue weighted by molar-refractivity contribution is -0.111. The highest BCUT2D eigenvalue weighted by Crippen LogP contribution is 2.32. The molecule has 1 aliphatic carbocycles. The summed E-state index contributed by atoms with van der Waals surface area (Å²) in [5.41, 5.74) is 2.04. The van der Waals surface area contributed by atoms with Gasteiger partial charge in [0.2, 0.25) is 0 Å². The molecule has 0 unspecified atom stereocenters. The summed E-state index contributed by atoms with van der Waals surface area (Å²) in [6, 6.07) is 9.41. The molecule has 3 heteroatoms. The normalized spacial score (nSPS) is 16.2. The predicted molar refractivity (Wildman–Crippen MR) is 66.5 cm³/mol. The Morgan fingerprint density at radius 3 is 2.41 bits per heavy atom. The number of carbonyl (C=O) groups excluding carboxylic acids is 1. The third-order valence-electron chi connectivity index (χ3n) is 3.35. The molecule has 1 N–H and O–H groups in total. The van der Waals surface area contributed by atoms with Crippen molar-refractivity contribution in [1.29, 1.82) is 5.26 Å². The van der Waals surface area contributed by atoms with Crippen molar-refractivity contribution >= 4 is 11.6 Å². The van der Waals surface area contributed by atoms with Crippen molar-refractivity contribution in [3.05, 3.63) is 29.8 Å². The van der Waals surface area contributed by atoms with E-state index in [1.807, 2.05) is 12.1 Å². The van der Waals surface area contributed by atoms with Crippen LogP contribution in [0.4, 0.5) is 5.69 Å².